The van der Waals surface area contributed by atoms with E-state index in [1.165, 1.54) is 18.6 Å². The Balaban J connectivity index is 1.83. The van der Waals surface area contributed by atoms with Crippen molar-refractivity contribution in [2.24, 2.45) is 5.92 Å². The molecule has 39 heavy (non-hydrogen) atoms. The van der Waals surface area contributed by atoms with Gasteiger partial charge in [0.15, 0.2) is 0 Å². The Kier molecular flexibility index (Phi) is 11.0. The van der Waals surface area contributed by atoms with Crippen molar-refractivity contribution in [3.63, 3.8) is 0 Å². The van der Waals surface area contributed by atoms with E-state index in [0.29, 0.717) is 13.0 Å². The molecule has 2 N–H and O–H groups in total. The predicted octanol–water partition coefficient (Wildman–Crippen LogP) is 1.58. The van der Waals surface area contributed by atoms with Crippen LogP contribution in [0.2, 0.25) is 0 Å². The van der Waals surface area contributed by atoms with Gasteiger partial charge in [-0.1, -0.05) is 44.2 Å². The van der Waals surface area contributed by atoms with Gasteiger partial charge in [-0.2, -0.15) is 0 Å². The third kappa shape index (κ3) is 9.47. The molecule has 0 spiro atoms. The zero-order chi connectivity index (χ0) is 28.4. The SMILES string of the molecule is CC(C)C[C@H](NC(=O)[C@H](Cc1ccccc1)NC(=O)c1cnccn1)B1OC(=O)CCN(C)[C@H](C)CC(=O)O1. The van der Waals surface area contributed by atoms with E-state index in [1.54, 1.807) is 0 Å². The van der Waals surface area contributed by atoms with E-state index in [1.807, 2.05) is 63.1 Å². The molecule has 0 unspecified atom stereocenters. The van der Waals surface area contributed by atoms with Crippen molar-refractivity contribution in [3.8, 4) is 0 Å². The summed E-state index contributed by atoms with van der Waals surface area (Å²) in [5.41, 5.74) is 0.892. The summed E-state index contributed by atoms with van der Waals surface area (Å²) >= 11 is 0. The van der Waals surface area contributed by atoms with Gasteiger partial charge in [-0.25, -0.2) is 4.98 Å². The van der Waals surface area contributed by atoms with Crippen molar-refractivity contribution in [1.82, 2.24) is 25.5 Å². The maximum Gasteiger partial charge on any atom is 0.622 e. The van der Waals surface area contributed by atoms with E-state index in [9.17, 15) is 19.2 Å². The quantitative estimate of drug-likeness (QED) is 0.457. The summed E-state index contributed by atoms with van der Waals surface area (Å²) in [6.45, 7) is 6.19. The molecule has 1 fully saturated rings. The van der Waals surface area contributed by atoms with E-state index < -0.39 is 42.9 Å². The molecule has 0 bridgehead atoms. The van der Waals surface area contributed by atoms with Gasteiger partial charge in [0.25, 0.3) is 17.8 Å². The lowest BCUT2D eigenvalue weighted by molar-refractivity contribution is -0.143. The van der Waals surface area contributed by atoms with Gasteiger partial charge in [-0.05, 0) is 31.9 Å². The van der Waals surface area contributed by atoms with Crippen LogP contribution in [-0.4, -0.2) is 77.4 Å². The van der Waals surface area contributed by atoms with E-state index in [4.69, 9.17) is 9.31 Å². The Morgan fingerprint density at radius 2 is 1.82 bits per heavy atom. The number of nitrogens with one attached hydrogen (secondary N) is 2. The summed E-state index contributed by atoms with van der Waals surface area (Å²) in [6.07, 6.45) is 4.93. The van der Waals surface area contributed by atoms with E-state index >= 15 is 0 Å². The molecule has 2 heterocycles. The normalized spacial score (nSPS) is 18.5. The molecule has 3 rings (SSSR count). The fourth-order valence-electron chi connectivity index (χ4n) is 4.18. The minimum absolute atomic E-state index is 0.0647. The largest absolute Gasteiger partial charge is 0.622 e. The van der Waals surface area contributed by atoms with Crippen molar-refractivity contribution in [1.29, 1.82) is 0 Å². The number of hydrogen-bond acceptors (Lipinski definition) is 9. The minimum atomic E-state index is -1.31. The standard InChI is InChI=1S/C27H36BN5O6/c1-18(2)14-23(28-38-24(34)10-13-33(4)19(3)15-25(35)39-28)32-26(36)21(16-20-8-6-5-7-9-20)31-27(37)22-17-29-11-12-30-22/h5-9,11-12,17-19,21,23H,10,13-16H2,1-4H3,(H,31,37)(H,32,36)/t19-,21+,23+/m1/s1. The van der Waals surface area contributed by atoms with Gasteiger partial charge in [0.2, 0.25) is 5.91 Å². The number of nitrogens with zero attached hydrogens (tertiary/aromatic N) is 3. The molecular weight excluding hydrogens is 501 g/mol. The molecule has 2 aromatic rings. The first-order valence-electron chi connectivity index (χ1n) is 13.1. The molecule has 1 aliphatic heterocycles. The summed E-state index contributed by atoms with van der Waals surface area (Å²) in [5, 5.41) is 5.62. The molecule has 1 aromatic carbocycles. The van der Waals surface area contributed by atoms with Gasteiger partial charge >= 0.3 is 7.12 Å². The van der Waals surface area contributed by atoms with Crippen LogP contribution in [0, 0.1) is 5.92 Å². The zero-order valence-electron chi connectivity index (χ0n) is 22.8. The van der Waals surface area contributed by atoms with E-state index in [-0.39, 0.29) is 36.9 Å². The monoisotopic (exact) mass is 537 g/mol. The van der Waals surface area contributed by atoms with E-state index in [0.717, 1.165) is 5.56 Å². The maximum absolute atomic E-state index is 13.6. The first-order chi connectivity index (χ1) is 18.6. The van der Waals surface area contributed by atoms with Crippen molar-refractivity contribution in [2.45, 2.75) is 64.5 Å². The molecule has 0 saturated carbocycles. The Morgan fingerprint density at radius 3 is 2.49 bits per heavy atom. The number of benzene rings is 1. The summed E-state index contributed by atoms with van der Waals surface area (Å²) in [6, 6.07) is 8.12. The van der Waals surface area contributed by atoms with Crippen LogP contribution in [0.15, 0.2) is 48.9 Å². The van der Waals surface area contributed by atoms with Crippen LogP contribution in [0.1, 0.15) is 56.1 Å². The van der Waals surface area contributed by atoms with Gasteiger partial charge < -0.3 is 24.8 Å². The zero-order valence-corrected chi connectivity index (χ0v) is 22.8. The Labute approximate surface area is 229 Å². The second-order valence-electron chi connectivity index (χ2n) is 10.2. The molecular formula is C27H36BN5O6. The van der Waals surface area contributed by atoms with Crippen LogP contribution < -0.4 is 10.6 Å². The number of aromatic nitrogens is 2. The number of carbonyl (C=O) groups is 4. The first-order valence-corrected chi connectivity index (χ1v) is 13.1. The van der Waals surface area contributed by atoms with Crippen molar-refractivity contribution < 1.29 is 28.5 Å². The highest BCUT2D eigenvalue weighted by Gasteiger charge is 2.41. The molecule has 208 valence electrons. The Morgan fingerprint density at radius 1 is 1.10 bits per heavy atom. The topological polar surface area (TPSA) is 140 Å². The van der Waals surface area contributed by atoms with Gasteiger partial charge in [0.05, 0.1) is 25.0 Å². The van der Waals surface area contributed by atoms with Crippen LogP contribution in [0.25, 0.3) is 0 Å². The second kappa shape index (κ2) is 14.4. The summed E-state index contributed by atoms with van der Waals surface area (Å²) < 4.78 is 11.2. The van der Waals surface area contributed by atoms with Gasteiger partial charge in [0, 0.05) is 31.4 Å². The third-order valence-corrected chi connectivity index (χ3v) is 6.46. The molecule has 0 aliphatic carbocycles. The lowest BCUT2D eigenvalue weighted by Gasteiger charge is -2.30. The summed E-state index contributed by atoms with van der Waals surface area (Å²) in [4.78, 5) is 61.6. The molecule has 3 atom stereocenters. The number of amides is 2. The molecule has 11 nitrogen and oxygen atoms in total. The highest BCUT2D eigenvalue weighted by atomic mass is 16.6. The maximum atomic E-state index is 13.6. The van der Waals surface area contributed by atoms with Gasteiger partial charge in [0.1, 0.15) is 11.7 Å². The molecule has 1 aromatic heterocycles. The molecule has 1 aliphatic rings. The number of carbonyl (C=O) groups excluding carboxylic acids is 4. The van der Waals surface area contributed by atoms with Gasteiger partial charge in [-0.15, -0.1) is 0 Å². The van der Waals surface area contributed by atoms with Crippen molar-refractivity contribution in [2.75, 3.05) is 13.6 Å². The fraction of sp³-hybridized carbons (Fsp3) is 0.481. The third-order valence-electron chi connectivity index (χ3n) is 6.46. The highest BCUT2D eigenvalue weighted by Crippen LogP contribution is 2.15. The number of hydrogen-bond donors (Lipinski definition) is 2. The lowest BCUT2D eigenvalue weighted by Crippen LogP contribution is -2.57. The molecule has 1 saturated heterocycles. The molecule has 2 amide bonds. The summed E-state index contributed by atoms with van der Waals surface area (Å²) in [7, 11) is 0.522. The molecule has 0 radical (unpaired) electrons. The Hall–Kier alpha value is -3.80. The van der Waals surface area contributed by atoms with Crippen molar-refractivity contribution in [3.05, 3.63) is 60.2 Å². The van der Waals surface area contributed by atoms with Crippen LogP contribution in [0.5, 0.6) is 0 Å². The smallest absolute Gasteiger partial charge is 0.498 e. The van der Waals surface area contributed by atoms with E-state index in [2.05, 4.69) is 20.6 Å². The average Bonchev–Trinajstić information content (AvgIpc) is 2.90. The lowest BCUT2D eigenvalue weighted by atomic mass is 9.73. The second-order valence-corrected chi connectivity index (χ2v) is 10.2. The Bertz CT molecular complexity index is 1120. The van der Waals surface area contributed by atoms with Crippen LogP contribution in [-0.2, 0) is 30.1 Å². The first kappa shape index (κ1) is 29.8. The van der Waals surface area contributed by atoms with Crippen molar-refractivity contribution >= 4 is 30.9 Å². The predicted molar refractivity (Wildman–Crippen MR) is 144 cm³/mol. The van der Waals surface area contributed by atoms with Crippen LogP contribution >= 0.6 is 0 Å². The van der Waals surface area contributed by atoms with Crippen LogP contribution in [0.3, 0.4) is 0 Å². The minimum Gasteiger partial charge on any atom is -0.498 e. The molecule has 12 heteroatoms. The number of rotatable bonds is 9. The average molecular weight is 537 g/mol. The summed E-state index contributed by atoms with van der Waals surface area (Å²) in [5.74, 6) is -2.91. The van der Waals surface area contributed by atoms with Crippen LogP contribution in [0.4, 0.5) is 0 Å². The van der Waals surface area contributed by atoms with Gasteiger partial charge in [-0.3, -0.25) is 24.2 Å². The fourth-order valence-corrected chi connectivity index (χ4v) is 4.18. The highest BCUT2D eigenvalue weighted by molar-refractivity contribution is 6.51.